The van der Waals surface area contributed by atoms with Gasteiger partial charge in [0.05, 0.1) is 5.69 Å². The zero-order valence-corrected chi connectivity index (χ0v) is 10.6. The number of halogens is 1. The first-order chi connectivity index (χ1) is 7.63. The average molecular weight is 240 g/mol. The van der Waals surface area contributed by atoms with Crippen LogP contribution in [0.1, 0.15) is 6.92 Å². The van der Waals surface area contributed by atoms with Gasteiger partial charge in [0.2, 0.25) is 0 Å². The van der Waals surface area contributed by atoms with Gasteiger partial charge in [-0.25, -0.2) is 4.39 Å². The number of rotatable bonds is 2. The van der Waals surface area contributed by atoms with Gasteiger partial charge in [-0.15, -0.1) is 11.8 Å². The third-order valence-electron chi connectivity index (χ3n) is 3.13. The van der Waals surface area contributed by atoms with E-state index in [-0.39, 0.29) is 5.82 Å². The van der Waals surface area contributed by atoms with Crippen LogP contribution in [0.25, 0.3) is 0 Å². The molecule has 0 aromatic heterocycles. The molecule has 1 aromatic carbocycles. The molecule has 0 bridgehead atoms. The number of thioether (sulfide) groups is 1. The highest BCUT2D eigenvalue weighted by Gasteiger charge is 2.29. The molecule has 1 aliphatic rings. The second kappa shape index (κ2) is 4.63. The van der Waals surface area contributed by atoms with Gasteiger partial charge in [-0.2, -0.15) is 0 Å². The Hall–Kier alpha value is -0.740. The molecule has 0 saturated carbocycles. The lowest BCUT2D eigenvalue weighted by atomic mass is 10.1. The van der Waals surface area contributed by atoms with Crippen molar-refractivity contribution in [1.29, 1.82) is 0 Å². The molecular formula is C12H17FN2S. The van der Waals surface area contributed by atoms with Gasteiger partial charge >= 0.3 is 0 Å². The highest BCUT2D eigenvalue weighted by molar-refractivity contribution is 8.00. The highest BCUT2D eigenvalue weighted by atomic mass is 32.2. The Morgan fingerprint density at radius 3 is 2.94 bits per heavy atom. The number of nitrogens with one attached hydrogen (secondary N) is 1. The molecule has 1 aliphatic heterocycles. The van der Waals surface area contributed by atoms with Crippen LogP contribution in [0.4, 0.5) is 10.1 Å². The van der Waals surface area contributed by atoms with Crippen molar-refractivity contribution in [3.8, 4) is 0 Å². The van der Waals surface area contributed by atoms with Gasteiger partial charge < -0.3 is 10.2 Å². The first-order valence-corrected chi connectivity index (χ1v) is 6.35. The van der Waals surface area contributed by atoms with Crippen molar-refractivity contribution in [2.24, 2.45) is 0 Å². The van der Waals surface area contributed by atoms with Crippen molar-refractivity contribution in [1.82, 2.24) is 5.32 Å². The summed E-state index contributed by atoms with van der Waals surface area (Å²) in [7, 11) is 4.00. The summed E-state index contributed by atoms with van der Waals surface area (Å²) in [5, 5.41) is 3.72. The van der Waals surface area contributed by atoms with Crippen LogP contribution in [0.3, 0.4) is 0 Å². The smallest absolute Gasteiger partial charge is 0.125 e. The first-order valence-electron chi connectivity index (χ1n) is 5.47. The lowest BCUT2D eigenvalue weighted by Gasteiger charge is -2.39. The standard InChI is InChI=1S/C12H17FN2S/c1-8-12(7-14-2)16-11-5-4-9(13)6-10(11)15(8)3/h4-6,8,12,14H,7H2,1-3H3. The van der Waals surface area contributed by atoms with E-state index in [4.69, 9.17) is 0 Å². The van der Waals surface area contributed by atoms with Gasteiger partial charge in [0.1, 0.15) is 5.82 Å². The van der Waals surface area contributed by atoms with Crippen molar-refractivity contribution in [2.75, 3.05) is 25.5 Å². The van der Waals surface area contributed by atoms with Crippen LogP contribution in [0.5, 0.6) is 0 Å². The van der Waals surface area contributed by atoms with E-state index >= 15 is 0 Å². The van der Waals surface area contributed by atoms with Crippen LogP contribution in [-0.4, -0.2) is 31.9 Å². The minimum absolute atomic E-state index is 0.162. The topological polar surface area (TPSA) is 15.3 Å². The second-order valence-corrected chi connectivity index (χ2v) is 5.46. The summed E-state index contributed by atoms with van der Waals surface area (Å²) in [5.74, 6) is -0.162. The van der Waals surface area contributed by atoms with Crippen molar-refractivity contribution >= 4 is 17.4 Å². The van der Waals surface area contributed by atoms with Gasteiger partial charge in [0.15, 0.2) is 0 Å². The van der Waals surface area contributed by atoms with Crippen LogP contribution >= 0.6 is 11.8 Å². The molecular weight excluding hydrogens is 223 g/mol. The molecule has 2 rings (SSSR count). The fraction of sp³-hybridized carbons (Fsp3) is 0.500. The van der Waals surface area contributed by atoms with E-state index in [9.17, 15) is 4.39 Å². The van der Waals surface area contributed by atoms with E-state index in [2.05, 4.69) is 17.1 Å². The molecule has 2 unspecified atom stereocenters. The molecule has 16 heavy (non-hydrogen) atoms. The third-order valence-corrected chi connectivity index (χ3v) is 4.60. The average Bonchev–Trinajstić information content (AvgIpc) is 2.27. The van der Waals surface area contributed by atoms with Gasteiger partial charge in [-0.05, 0) is 32.2 Å². The summed E-state index contributed by atoms with van der Waals surface area (Å²) in [6.07, 6.45) is 0. The van der Waals surface area contributed by atoms with E-state index in [0.29, 0.717) is 11.3 Å². The molecule has 0 amide bonds. The van der Waals surface area contributed by atoms with Crippen LogP contribution in [0, 0.1) is 5.82 Å². The Balaban J connectivity index is 2.32. The molecule has 0 fully saturated rings. The quantitative estimate of drug-likeness (QED) is 0.854. The minimum atomic E-state index is -0.162. The van der Waals surface area contributed by atoms with Crippen molar-refractivity contribution < 1.29 is 4.39 Å². The van der Waals surface area contributed by atoms with E-state index in [1.807, 2.05) is 31.9 Å². The first kappa shape index (κ1) is 11.7. The van der Waals surface area contributed by atoms with E-state index in [1.54, 1.807) is 6.07 Å². The maximum atomic E-state index is 13.2. The Morgan fingerprint density at radius 1 is 1.50 bits per heavy atom. The molecule has 88 valence electrons. The second-order valence-electron chi connectivity index (χ2n) is 4.18. The predicted octanol–water partition coefficient (Wildman–Crippen LogP) is 2.34. The molecule has 2 atom stereocenters. The lowest BCUT2D eigenvalue weighted by molar-refractivity contribution is 0.593. The molecule has 0 spiro atoms. The van der Waals surface area contributed by atoms with E-state index in [1.165, 1.54) is 11.0 Å². The number of benzene rings is 1. The molecule has 0 radical (unpaired) electrons. The maximum Gasteiger partial charge on any atom is 0.125 e. The monoisotopic (exact) mass is 240 g/mol. The molecule has 0 aliphatic carbocycles. The third kappa shape index (κ3) is 2.04. The van der Waals surface area contributed by atoms with Crippen molar-refractivity contribution in [3.63, 3.8) is 0 Å². The summed E-state index contributed by atoms with van der Waals surface area (Å²) < 4.78 is 13.2. The molecule has 1 N–H and O–H groups in total. The Morgan fingerprint density at radius 2 is 2.25 bits per heavy atom. The highest BCUT2D eigenvalue weighted by Crippen LogP contribution is 2.40. The van der Waals surface area contributed by atoms with Crippen molar-refractivity contribution in [2.45, 2.75) is 23.1 Å². The SMILES string of the molecule is CNCC1Sc2ccc(F)cc2N(C)C1C. The molecule has 1 aromatic rings. The van der Waals surface area contributed by atoms with Crippen LogP contribution < -0.4 is 10.2 Å². The number of anilines is 1. The predicted molar refractivity (Wildman–Crippen MR) is 67.8 cm³/mol. The lowest BCUT2D eigenvalue weighted by Crippen LogP contribution is -2.44. The number of fused-ring (bicyclic) bond motifs is 1. The fourth-order valence-electron chi connectivity index (χ4n) is 2.01. The number of nitrogens with zero attached hydrogens (tertiary/aromatic N) is 1. The summed E-state index contributed by atoms with van der Waals surface area (Å²) in [6, 6.07) is 5.44. The van der Waals surface area contributed by atoms with Crippen LogP contribution in [0.15, 0.2) is 23.1 Å². The normalized spacial score (nSPS) is 24.4. The molecule has 1 heterocycles. The van der Waals surface area contributed by atoms with Gasteiger partial charge in [-0.3, -0.25) is 0 Å². The summed E-state index contributed by atoms with van der Waals surface area (Å²) in [6.45, 7) is 3.15. The summed E-state index contributed by atoms with van der Waals surface area (Å²) in [5.41, 5.74) is 1.00. The molecule has 0 saturated heterocycles. The maximum absolute atomic E-state index is 13.2. The minimum Gasteiger partial charge on any atom is -0.370 e. The fourth-order valence-corrected chi connectivity index (χ4v) is 3.44. The zero-order valence-electron chi connectivity index (χ0n) is 9.83. The Bertz CT molecular complexity index is 383. The molecule has 4 heteroatoms. The van der Waals surface area contributed by atoms with Crippen molar-refractivity contribution in [3.05, 3.63) is 24.0 Å². The van der Waals surface area contributed by atoms with E-state index < -0.39 is 0 Å². The van der Waals surface area contributed by atoms with Gasteiger partial charge in [0.25, 0.3) is 0 Å². The summed E-state index contributed by atoms with van der Waals surface area (Å²) in [4.78, 5) is 3.33. The van der Waals surface area contributed by atoms with Gasteiger partial charge in [0, 0.05) is 29.8 Å². The van der Waals surface area contributed by atoms with Gasteiger partial charge in [-0.1, -0.05) is 0 Å². The Labute approximate surface area is 100 Å². The number of hydrogen-bond acceptors (Lipinski definition) is 3. The Kier molecular flexibility index (Phi) is 3.40. The molecule has 2 nitrogen and oxygen atoms in total. The zero-order chi connectivity index (χ0) is 11.7. The number of hydrogen-bond donors (Lipinski definition) is 1. The van der Waals surface area contributed by atoms with Crippen LogP contribution in [0.2, 0.25) is 0 Å². The summed E-state index contributed by atoms with van der Waals surface area (Å²) >= 11 is 1.83. The largest absolute Gasteiger partial charge is 0.370 e. The van der Waals surface area contributed by atoms with Crippen LogP contribution in [-0.2, 0) is 0 Å². The van der Waals surface area contributed by atoms with E-state index in [0.717, 1.165) is 12.2 Å².